The number of aliphatic hydroxyl groups excluding tert-OH is 1. The fourth-order valence-corrected chi connectivity index (χ4v) is 2.98. The molecule has 4 heteroatoms. The lowest BCUT2D eigenvalue weighted by molar-refractivity contribution is 0.0892. The predicted molar refractivity (Wildman–Crippen MR) is 81.4 cm³/mol. The molecule has 0 bridgehead atoms. The van der Waals surface area contributed by atoms with Crippen LogP contribution in [0.15, 0.2) is 22.6 Å². The van der Waals surface area contributed by atoms with Crippen LogP contribution < -0.4 is 5.32 Å². The summed E-state index contributed by atoms with van der Waals surface area (Å²) in [6, 6.07) is 5.77. The van der Waals surface area contributed by atoms with Crippen molar-refractivity contribution in [2.45, 2.75) is 39.2 Å². The van der Waals surface area contributed by atoms with Gasteiger partial charge in [0, 0.05) is 17.8 Å². The summed E-state index contributed by atoms with van der Waals surface area (Å²) in [6.07, 6.45) is 2.56. The number of aliphatic hydroxyl groups is 1. The molecule has 1 amide bonds. The van der Waals surface area contributed by atoms with Crippen molar-refractivity contribution in [2.24, 2.45) is 5.92 Å². The molecule has 1 aromatic heterocycles. The molecule has 0 radical (unpaired) electrons. The van der Waals surface area contributed by atoms with Crippen molar-refractivity contribution >= 4 is 16.9 Å². The second kappa shape index (κ2) is 5.53. The maximum Gasteiger partial charge on any atom is 0.287 e. The Morgan fingerprint density at radius 3 is 2.76 bits per heavy atom. The molecular weight excluding hydrogens is 266 g/mol. The van der Waals surface area contributed by atoms with Crippen molar-refractivity contribution < 1.29 is 14.3 Å². The Bertz CT molecular complexity index is 635. The number of amides is 1. The Labute approximate surface area is 124 Å². The van der Waals surface area contributed by atoms with Crippen LogP contribution in [-0.2, 0) is 0 Å². The number of fused-ring (bicyclic) bond motifs is 1. The zero-order valence-corrected chi connectivity index (χ0v) is 12.5. The van der Waals surface area contributed by atoms with E-state index < -0.39 is 0 Å². The lowest BCUT2D eigenvalue weighted by Crippen LogP contribution is -2.32. The molecule has 0 aliphatic heterocycles. The minimum Gasteiger partial charge on any atom is -0.451 e. The van der Waals surface area contributed by atoms with Gasteiger partial charge < -0.3 is 14.8 Å². The molecule has 3 rings (SSSR count). The number of hydrogen-bond acceptors (Lipinski definition) is 3. The van der Waals surface area contributed by atoms with Gasteiger partial charge in [-0.25, -0.2) is 0 Å². The zero-order valence-electron chi connectivity index (χ0n) is 12.5. The Kier molecular flexibility index (Phi) is 3.72. The van der Waals surface area contributed by atoms with Crippen LogP contribution in [0.4, 0.5) is 0 Å². The van der Waals surface area contributed by atoms with Gasteiger partial charge >= 0.3 is 0 Å². The Balaban J connectivity index is 1.72. The Hall–Kier alpha value is -1.81. The van der Waals surface area contributed by atoms with Gasteiger partial charge in [-0.2, -0.15) is 0 Å². The van der Waals surface area contributed by atoms with E-state index in [0.29, 0.717) is 12.3 Å². The van der Waals surface area contributed by atoms with Gasteiger partial charge in [0.1, 0.15) is 5.58 Å². The zero-order chi connectivity index (χ0) is 15.0. The normalized spacial score (nSPS) is 21.9. The average molecular weight is 287 g/mol. The van der Waals surface area contributed by atoms with Gasteiger partial charge in [0.2, 0.25) is 0 Å². The van der Waals surface area contributed by atoms with Gasteiger partial charge in [-0.15, -0.1) is 0 Å². The summed E-state index contributed by atoms with van der Waals surface area (Å²) in [4.78, 5) is 12.2. The smallest absolute Gasteiger partial charge is 0.287 e. The van der Waals surface area contributed by atoms with E-state index >= 15 is 0 Å². The highest BCUT2D eigenvalue weighted by Gasteiger charge is 2.25. The number of hydrogen-bond donors (Lipinski definition) is 2. The lowest BCUT2D eigenvalue weighted by Gasteiger charge is -2.14. The number of furan rings is 1. The minimum atomic E-state index is -0.286. The van der Waals surface area contributed by atoms with E-state index in [1.54, 1.807) is 6.07 Å². The van der Waals surface area contributed by atoms with Crippen molar-refractivity contribution in [3.8, 4) is 0 Å². The molecule has 0 spiro atoms. The number of carbonyl (C=O) groups excluding carboxylic acids is 1. The first-order valence-electron chi connectivity index (χ1n) is 7.51. The summed E-state index contributed by atoms with van der Waals surface area (Å²) in [5, 5.41) is 13.6. The van der Waals surface area contributed by atoms with Crippen LogP contribution in [0.3, 0.4) is 0 Å². The third kappa shape index (κ3) is 2.81. The molecule has 1 aliphatic carbocycles. The van der Waals surface area contributed by atoms with Crippen LogP contribution in [0.1, 0.15) is 40.9 Å². The highest BCUT2D eigenvalue weighted by atomic mass is 16.3. The molecule has 1 aromatic carbocycles. The molecule has 4 nitrogen and oxygen atoms in total. The molecule has 1 aliphatic rings. The van der Waals surface area contributed by atoms with Gasteiger partial charge in [-0.1, -0.05) is 6.42 Å². The summed E-state index contributed by atoms with van der Waals surface area (Å²) < 4.78 is 5.63. The minimum absolute atomic E-state index is 0.169. The van der Waals surface area contributed by atoms with Crippen LogP contribution >= 0.6 is 0 Å². The molecule has 112 valence electrons. The van der Waals surface area contributed by atoms with E-state index in [1.807, 2.05) is 26.0 Å². The van der Waals surface area contributed by atoms with Crippen LogP contribution in [0.5, 0.6) is 0 Å². The number of rotatable bonds is 3. The van der Waals surface area contributed by atoms with Crippen LogP contribution in [0.25, 0.3) is 11.0 Å². The Morgan fingerprint density at radius 2 is 2.05 bits per heavy atom. The van der Waals surface area contributed by atoms with E-state index in [-0.39, 0.29) is 17.9 Å². The van der Waals surface area contributed by atoms with E-state index in [9.17, 15) is 9.90 Å². The summed E-state index contributed by atoms with van der Waals surface area (Å²) >= 11 is 0. The van der Waals surface area contributed by atoms with Crippen molar-refractivity contribution in [1.29, 1.82) is 0 Å². The third-order valence-corrected chi connectivity index (χ3v) is 4.50. The maximum absolute atomic E-state index is 12.2. The van der Waals surface area contributed by atoms with Crippen molar-refractivity contribution in [3.63, 3.8) is 0 Å². The van der Waals surface area contributed by atoms with Gasteiger partial charge in [-0.05, 0) is 56.0 Å². The second-order valence-electron chi connectivity index (χ2n) is 6.05. The largest absolute Gasteiger partial charge is 0.451 e. The molecule has 2 aromatic rings. The molecule has 0 saturated heterocycles. The summed E-state index contributed by atoms with van der Waals surface area (Å²) in [5.74, 6) is 0.297. The first-order chi connectivity index (χ1) is 10.0. The van der Waals surface area contributed by atoms with E-state index in [2.05, 4.69) is 5.32 Å². The highest BCUT2D eigenvalue weighted by molar-refractivity contribution is 5.96. The fraction of sp³-hybridized carbons (Fsp3) is 0.471. The van der Waals surface area contributed by atoms with Gasteiger partial charge in [-0.3, -0.25) is 4.79 Å². The van der Waals surface area contributed by atoms with Crippen molar-refractivity contribution in [1.82, 2.24) is 5.32 Å². The number of aryl methyl sites for hydroxylation is 2. The summed E-state index contributed by atoms with van der Waals surface area (Å²) in [7, 11) is 0. The topological polar surface area (TPSA) is 62.5 Å². The first kappa shape index (κ1) is 14.1. The number of nitrogens with one attached hydrogen (secondary N) is 1. The molecule has 2 N–H and O–H groups in total. The number of benzene rings is 1. The summed E-state index contributed by atoms with van der Waals surface area (Å²) in [5.41, 5.74) is 3.08. The maximum atomic E-state index is 12.2. The standard InChI is InChI=1S/C17H21NO3/c1-10-6-13-8-16(21-15(13)7-11(10)2)17(20)18-9-12-4-3-5-14(12)19/h6-8,12,14,19H,3-5,9H2,1-2H3,(H,18,20). The monoisotopic (exact) mass is 287 g/mol. The average Bonchev–Trinajstić information content (AvgIpc) is 3.03. The molecule has 2 unspecified atom stereocenters. The highest BCUT2D eigenvalue weighted by Crippen LogP contribution is 2.25. The quantitative estimate of drug-likeness (QED) is 0.912. The molecule has 1 fully saturated rings. The van der Waals surface area contributed by atoms with Crippen LogP contribution in [0.2, 0.25) is 0 Å². The SMILES string of the molecule is Cc1cc2cc(C(=O)NCC3CCCC3O)oc2cc1C. The molecule has 21 heavy (non-hydrogen) atoms. The van der Waals surface area contributed by atoms with E-state index in [4.69, 9.17) is 4.42 Å². The molecule has 1 saturated carbocycles. The van der Waals surface area contributed by atoms with Crippen molar-refractivity contribution in [2.75, 3.05) is 6.54 Å². The molecular formula is C17H21NO3. The second-order valence-corrected chi connectivity index (χ2v) is 6.05. The fourth-order valence-electron chi connectivity index (χ4n) is 2.98. The van der Waals surface area contributed by atoms with Gasteiger partial charge in [0.25, 0.3) is 5.91 Å². The van der Waals surface area contributed by atoms with Crippen molar-refractivity contribution in [3.05, 3.63) is 35.1 Å². The Morgan fingerprint density at radius 1 is 1.29 bits per heavy atom. The number of carbonyl (C=O) groups is 1. The van der Waals surface area contributed by atoms with E-state index in [0.717, 1.165) is 35.8 Å². The van der Waals surface area contributed by atoms with E-state index in [1.165, 1.54) is 5.56 Å². The molecule has 1 heterocycles. The van der Waals surface area contributed by atoms with Crippen LogP contribution in [0, 0.1) is 19.8 Å². The predicted octanol–water partition coefficient (Wildman–Crippen LogP) is 2.94. The molecule has 2 atom stereocenters. The summed E-state index contributed by atoms with van der Waals surface area (Å²) in [6.45, 7) is 4.58. The van der Waals surface area contributed by atoms with Gasteiger partial charge in [0.05, 0.1) is 6.10 Å². The van der Waals surface area contributed by atoms with Gasteiger partial charge in [0.15, 0.2) is 5.76 Å². The first-order valence-corrected chi connectivity index (χ1v) is 7.51. The van der Waals surface area contributed by atoms with Crippen LogP contribution in [-0.4, -0.2) is 23.7 Å². The lowest BCUT2D eigenvalue weighted by atomic mass is 10.1. The third-order valence-electron chi connectivity index (χ3n) is 4.50.